The number of anilines is 2. The normalized spacial score (nSPS) is 17.6. The Kier molecular flexibility index (Phi) is 5.31. The lowest BCUT2D eigenvalue weighted by atomic mass is 10.1. The largest absolute Gasteiger partial charge is 0.458 e. The van der Waals surface area contributed by atoms with Crippen molar-refractivity contribution in [1.82, 2.24) is 4.98 Å². The Hall–Kier alpha value is -2.12. The predicted octanol–water partition coefficient (Wildman–Crippen LogP) is 3.97. The molecule has 2 aromatic heterocycles. The molecule has 0 unspecified atom stereocenters. The molecule has 0 aromatic carbocycles. The van der Waals surface area contributed by atoms with Crippen LogP contribution >= 0.6 is 22.9 Å². The Balaban J connectivity index is 1.27. The molecule has 6 nitrogen and oxygen atoms in total. The maximum Gasteiger partial charge on any atom is 0.348 e. The lowest BCUT2D eigenvalue weighted by Gasteiger charge is -2.32. The Labute approximate surface area is 166 Å². The van der Waals surface area contributed by atoms with E-state index in [1.165, 1.54) is 11.3 Å². The first-order valence-corrected chi connectivity index (χ1v) is 10.3. The minimum atomic E-state index is -0.324. The number of piperidine rings is 1. The minimum absolute atomic E-state index is 0.0416. The van der Waals surface area contributed by atoms with Gasteiger partial charge >= 0.3 is 5.97 Å². The van der Waals surface area contributed by atoms with E-state index in [4.69, 9.17) is 16.3 Å². The molecule has 1 aliphatic heterocycles. The van der Waals surface area contributed by atoms with Crippen LogP contribution in [-0.2, 0) is 9.53 Å². The highest BCUT2D eigenvalue weighted by Gasteiger charge is 2.30. The Morgan fingerprint density at radius 2 is 1.93 bits per heavy atom. The van der Waals surface area contributed by atoms with Crippen LogP contribution in [0.2, 0.25) is 5.02 Å². The second kappa shape index (κ2) is 7.86. The third-order valence-electron chi connectivity index (χ3n) is 4.75. The summed E-state index contributed by atoms with van der Waals surface area (Å²) in [7, 11) is 0. The third kappa shape index (κ3) is 4.59. The van der Waals surface area contributed by atoms with Gasteiger partial charge in [-0.25, -0.2) is 9.78 Å². The van der Waals surface area contributed by atoms with E-state index in [0.29, 0.717) is 14.9 Å². The van der Waals surface area contributed by atoms with Crippen LogP contribution in [0.25, 0.3) is 0 Å². The maximum absolute atomic E-state index is 12.4. The van der Waals surface area contributed by atoms with Gasteiger partial charge in [0.05, 0.1) is 10.0 Å². The summed E-state index contributed by atoms with van der Waals surface area (Å²) in [6, 6.07) is 7.20. The molecule has 0 bridgehead atoms. The Bertz CT molecular complexity index is 827. The summed E-state index contributed by atoms with van der Waals surface area (Å²) in [5.41, 5.74) is 0. The molecule has 3 heterocycles. The average Bonchev–Trinajstić information content (AvgIpc) is 3.43. The van der Waals surface area contributed by atoms with Crippen LogP contribution in [0.15, 0.2) is 30.5 Å². The molecule has 1 amide bonds. The molecule has 142 valence electrons. The van der Waals surface area contributed by atoms with E-state index in [-0.39, 0.29) is 23.9 Å². The van der Waals surface area contributed by atoms with Gasteiger partial charge < -0.3 is 15.0 Å². The molecule has 0 spiro atoms. The van der Waals surface area contributed by atoms with Gasteiger partial charge in [0, 0.05) is 38.0 Å². The standard InChI is InChI=1S/C19H20ClN3O3S/c20-13-3-5-16(21-11-13)23-9-7-14(8-10-23)26-19(25)15-4-6-17(27-15)22-18(24)12-1-2-12/h3-6,11-12,14H,1-2,7-10H2,(H,22,24). The van der Waals surface area contributed by atoms with E-state index in [1.807, 2.05) is 12.1 Å². The first kappa shape index (κ1) is 18.3. The molecule has 1 aliphatic carbocycles. The van der Waals surface area contributed by atoms with Crippen molar-refractivity contribution in [2.75, 3.05) is 23.3 Å². The number of ether oxygens (including phenoxy) is 1. The molecule has 0 atom stereocenters. The van der Waals surface area contributed by atoms with Crippen LogP contribution in [0.3, 0.4) is 0 Å². The van der Waals surface area contributed by atoms with Crippen LogP contribution in [0.5, 0.6) is 0 Å². The summed E-state index contributed by atoms with van der Waals surface area (Å²) >= 11 is 7.14. The van der Waals surface area contributed by atoms with Crippen molar-refractivity contribution >= 4 is 45.6 Å². The SMILES string of the molecule is O=C(OC1CCN(c2ccc(Cl)cn2)CC1)c1ccc(NC(=O)C2CC2)s1. The molecule has 2 aliphatic rings. The number of aromatic nitrogens is 1. The molecule has 1 N–H and O–H groups in total. The molecule has 0 radical (unpaired) electrons. The first-order valence-electron chi connectivity index (χ1n) is 9.06. The van der Waals surface area contributed by atoms with Gasteiger partial charge in [-0.2, -0.15) is 0 Å². The number of hydrogen-bond donors (Lipinski definition) is 1. The fourth-order valence-electron chi connectivity index (χ4n) is 3.05. The molecule has 2 aromatic rings. The number of thiophene rings is 1. The van der Waals surface area contributed by atoms with E-state index < -0.39 is 0 Å². The number of amides is 1. The molecule has 4 rings (SSSR count). The number of rotatable bonds is 5. The van der Waals surface area contributed by atoms with Crippen molar-refractivity contribution in [3.63, 3.8) is 0 Å². The topological polar surface area (TPSA) is 71.5 Å². The number of halogens is 1. The van der Waals surface area contributed by atoms with Gasteiger partial charge in [-0.1, -0.05) is 11.6 Å². The van der Waals surface area contributed by atoms with Gasteiger partial charge in [0.15, 0.2) is 0 Å². The number of esters is 1. The molecule has 8 heteroatoms. The lowest BCUT2D eigenvalue weighted by Crippen LogP contribution is -2.38. The van der Waals surface area contributed by atoms with Crippen LogP contribution < -0.4 is 10.2 Å². The lowest BCUT2D eigenvalue weighted by molar-refractivity contribution is -0.117. The fourth-order valence-corrected chi connectivity index (χ4v) is 3.95. The van der Waals surface area contributed by atoms with Crippen molar-refractivity contribution in [1.29, 1.82) is 0 Å². The molecule has 1 saturated carbocycles. The molecule has 27 heavy (non-hydrogen) atoms. The van der Waals surface area contributed by atoms with Crippen molar-refractivity contribution in [3.05, 3.63) is 40.4 Å². The summed E-state index contributed by atoms with van der Waals surface area (Å²) in [5, 5.41) is 4.17. The molecule has 2 fully saturated rings. The van der Waals surface area contributed by atoms with Gasteiger partial charge in [0.25, 0.3) is 0 Å². The number of carbonyl (C=O) groups excluding carboxylic acids is 2. The van der Waals surface area contributed by atoms with Crippen molar-refractivity contribution in [3.8, 4) is 0 Å². The zero-order valence-electron chi connectivity index (χ0n) is 14.7. The van der Waals surface area contributed by atoms with Gasteiger partial charge in [-0.3, -0.25) is 4.79 Å². The summed E-state index contributed by atoms with van der Waals surface area (Å²) < 4.78 is 5.65. The van der Waals surface area contributed by atoms with Crippen molar-refractivity contribution < 1.29 is 14.3 Å². The van der Waals surface area contributed by atoms with E-state index in [9.17, 15) is 9.59 Å². The van der Waals surface area contributed by atoms with E-state index in [2.05, 4.69) is 15.2 Å². The highest BCUT2D eigenvalue weighted by atomic mass is 35.5. The van der Waals surface area contributed by atoms with Crippen LogP contribution in [-0.4, -0.2) is 36.1 Å². The summed E-state index contributed by atoms with van der Waals surface area (Å²) in [6.45, 7) is 1.55. The van der Waals surface area contributed by atoms with Gasteiger partial charge in [-0.05, 0) is 37.1 Å². The number of nitrogens with zero attached hydrogens (tertiary/aromatic N) is 2. The van der Waals surface area contributed by atoms with E-state index >= 15 is 0 Å². The smallest absolute Gasteiger partial charge is 0.348 e. The third-order valence-corrected chi connectivity index (χ3v) is 5.96. The van der Waals surface area contributed by atoms with E-state index in [0.717, 1.165) is 44.6 Å². The summed E-state index contributed by atoms with van der Waals surface area (Å²) in [4.78, 5) is 31.2. The summed E-state index contributed by atoms with van der Waals surface area (Å²) in [6.07, 6.45) is 4.96. The summed E-state index contributed by atoms with van der Waals surface area (Å²) in [5.74, 6) is 0.747. The van der Waals surface area contributed by atoms with Gasteiger partial charge in [0.1, 0.15) is 16.8 Å². The molecular formula is C19H20ClN3O3S. The quantitative estimate of drug-likeness (QED) is 0.762. The fraction of sp³-hybridized carbons (Fsp3) is 0.421. The highest BCUT2D eigenvalue weighted by Crippen LogP contribution is 2.32. The predicted molar refractivity (Wildman–Crippen MR) is 106 cm³/mol. The van der Waals surface area contributed by atoms with Gasteiger partial charge in [0.2, 0.25) is 5.91 Å². The van der Waals surface area contributed by atoms with Crippen LogP contribution in [0, 0.1) is 5.92 Å². The Morgan fingerprint density at radius 1 is 1.15 bits per heavy atom. The monoisotopic (exact) mass is 405 g/mol. The zero-order chi connectivity index (χ0) is 18.8. The first-order chi connectivity index (χ1) is 13.1. The van der Waals surface area contributed by atoms with Crippen LogP contribution in [0.1, 0.15) is 35.4 Å². The number of pyridine rings is 1. The highest BCUT2D eigenvalue weighted by molar-refractivity contribution is 7.18. The van der Waals surface area contributed by atoms with Gasteiger partial charge in [-0.15, -0.1) is 11.3 Å². The number of hydrogen-bond acceptors (Lipinski definition) is 6. The van der Waals surface area contributed by atoms with Crippen molar-refractivity contribution in [2.24, 2.45) is 5.92 Å². The zero-order valence-corrected chi connectivity index (χ0v) is 16.3. The second-order valence-corrected chi connectivity index (χ2v) is 8.37. The Morgan fingerprint density at radius 3 is 2.59 bits per heavy atom. The van der Waals surface area contributed by atoms with E-state index in [1.54, 1.807) is 18.3 Å². The molecule has 1 saturated heterocycles. The minimum Gasteiger partial charge on any atom is -0.458 e. The number of nitrogens with one attached hydrogen (secondary N) is 1. The molecular weight excluding hydrogens is 386 g/mol. The second-order valence-electron chi connectivity index (χ2n) is 6.85. The van der Waals surface area contributed by atoms with Crippen LogP contribution in [0.4, 0.5) is 10.8 Å². The number of carbonyl (C=O) groups is 2. The maximum atomic E-state index is 12.4. The average molecular weight is 406 g/mol. The van der Waals surface area contributed by atoms with Crippen molar-refractivity contribution in [2.45, 2.75) is 31.8 Å².